The van der Waals surface area contributed by atoms with Crippen LogP contribution in [0.1, 0.15) is 25.0 Å². The van der Waals surface area contributed by atoms with Crippen LogP contribution in [0.2, 0.25) is 5.02 Å². The number of alkyl halides is 3. The predicted molar refractivity (Wildman–Crippen MR) is 98.5 cm³/mol. The van der Waals surface area contributed by atoms with Gasteiger partial charge in [0.1, 0.15) is 6.04 Å². The molecule has 7 heteroatoms. The van der Waals surface area contributed by atoms with Gasteiger partial charge >= 0.3 is 6.18 Å². The third kappa shape index (κ3) is 5.14. The summed E-state index contributed by atoms with van der Waals surface area (Å²) >= 11 is 5.97. The Morgan fingerprint density at radius 1 is 1.08 bits per heavy atom. The molecule has 3 nitrogen and oxygen atoms in total. The summed E-state index contributed by atoms with van der Waals surface area (Å²) in [6.45, 7) is 5.62. The Labute approximate surface area is 155 Å². The first-order valence-electron chi connectivity index (χ1n) is 8.08. The average molecular weight is 385 g/mol. The number of rotatable bonds is 5. The van der Waals surface area contributed by atoms with Gasteiger partial charge in [-0.1, -0.05) is 43.1 Å². The van der Waals surface area contributed by atoms with Crippen LogP contribution in [0.3, 0.4) is 0 Å². The van der Waals surface area contributed by atoms with E-state index < -0.39 is 17.8 Å². The molecule has 0 heterocycles. The minimum atomic E-state index is -4.47. The number of benzene rings is 2. The maximum atomic E-state index is 12.7. The molecule has 0 unspecified atom stereocenters. The Hall–Kier alpha value is -2.21. The van der Waals surface area contributed by atoms with E-state index in [0.29, 0.717) is 5.69 Å². The van der Waals surface area contributed by atoms with Gasteiger partial charge in [-0.15, -0.1) is 0 Å². The molecule has 2 N–H and O–H groups in total. The van der Waals surface area contributed by atoms with Crippen molar-refractivity contribution >= 4 is 28.9 Å². The first kappa shape index (κ1) is 20.1. The van der Waals surface area contributed by atoms with Crippen LogP contribution in [0.4, 0.5) is 24.5 Å². The van der Waals surface area contributed by atoms with E-state index >= 15 is 0 Å². The van der Waals surface area contributed by atoms with Gasteiger partial charge in [-0.05, 0) is 43.2 Å². The van der Waals surface area contributed by atoms with Gasteiger partial charge in [0.25, 0.3) is 0 Å². The van der Waals surface area contributed by atoms with Crippen LogP contribution < -0.4 is 10.6 Å². The number of amides is 1. The lowest BCUT2D eigenvalue weighted by atomic mass is 10.0. The summed E-state index contributed by atoms with van der Waals surface area (Å²) < 4.78 is 38.2. The predicted octanol–water partition coefficient (Wildman–Crippen LogP) is 5.74. The van der Waals surface area contributed by atoms with Crippen molar-refractivity contribution < 1.29 is 18.0 Å². The number of hydrogen-bond acceptors (Lipinski definition) is 2. The lowest BCUT2D eigenvalue weighted by Crippen LogP contribution is -2.39. The Balaban J connectivity index is 2.17. The fraction of sp³-hybridized carbons (Fsp3) is 0.316. The highest BCUT2D eigenvalue weighted by atomic mass is 35.5. The Morgan fingerprint density at radius 2 is 1.69 bits per heavy atom. The second-order valence-corrected chi connectivity index (χ2v) is 6.82. The molecule has 0 radical (unpaired) electrons. The van der Waals surface area contributed by atoms with Crippen LogP contribution in [0, 0.1) is 12.8 Å². The molecule has 0 aliphatic carbocycles. The summed E-state index contributed by atoms with van der Waals surface area (Å²) in [6, 6.07) is 9.68. The second kappa shape index (κ2) is 7.99. The quantitative estimate of drug-likeness (QED) is 0.689. The average Bonchev–Trinajstić information content (AvgIpc) is 2.54. The van der Waals surface area contributed by atoms with Crippen molar-refractivity contribution in [1.82, 2.24) is 0 Å². The van der Waals surface area contributed by atoms with E-state index in [0.717, 1.165) is 17.7 Å². The van der Waals surface area contributed by atoms with Crippen LogP contribution in [0.5, 0.6) is 0 Å². The molecule has 1 atom stereocenters. The van der Waals surface area contributed by atoms with E-state index in [9.17, 15) is 18.0 Å². The number of carbonyl (C=O) groups is 1. The molecule has 0 spiro atoms. The van der Waals surface area contributed by atoms with Crippen molar-refractivity contribution in [3.63, 3.8) is 0 Å². The van der Waals surface area contributed by atoms with Crippen molar-refractivity contribution in [2.45, 2.75) is 33.0 Å². The fourth-order valence-corrected chi connectivity index (χ4v) is 2.60. The van der Waals surface area contributed by atoms with Crippen LogP contribution in [0.25, 0.3) is 0 Å². The highest BCUT2D eigenvalue weighted by Gasteiger charge is 2.31. The number of aryl methyl sites for hydroxylation is 1. The van der Waals surface area contributed by atoms with Crippen LogP contribution >= 0.6 is 11.6 Å². The third-order valence-corrected chi connectivity index (χ3v) is 4.19. The van der Waals surface area contributed by atoms with Gasteiger partial charge in [0.15, 0.2) is 0 Å². The third-order valence-electron chi connectivity index (χ3n) is 3.88. The second-order valence-electron chi connectivity index (χ2n) is 6.41. The minimum Gasteiger partial charge on any atom is -0.372 e. The van der Waals surface area contributed by atoms with E-state index in [4.69, 9.17) is 11.6 Å². The molecule has 2 aromatic rings. The highest BCUT2D eigenvalue weighted by molar-refractivity contribution is 6.33. The fourth-order valence-electron chi connectivity index (χ4n) is 2.37. The maximum Gasteiger partial charge on any atom is 0.416 e. The zero-order valence-electron chi connectivity index (χ0n) is 14.6. The molecule has 26 heavy (non-hydrogen) atoms. The summed E-state index contributed by atoms with van der Waals surface area (Å²) in [5, 5.41) is 5.66. The Morgan fingerprint density at radius 3 is 2.19 bits per heavy atom. The molecular formula is C19H20ClF3N2O. The van der Waals surface area contributed by atoms with E-state index in [1.807, 2.05) is 32.9 Å². The summed E-state index contributed by atoms with van der Waals surface area (Å²) in [5.41, 5.74) is 1.15. The van der Waals surface area contributed by atoms with Gasteiger partial charge in [0.05, 0.1) is 16.3 Å². The molecule has 0 saturated heterocycles. The van der Waals surface area contributed by atoms with Crippen molar-refractivity contribution in [2.24, 2.45) is 5.92 Å². The van der Waals surface area contributed by atoms with E-state index in [2.05, 4.69) is 10.6 Å². The summed E-state index contributed by atoms with van der Waals surface area (Å²) in [5.74, 6) is -0.404. The van der Waals surface area contributed by atoms with E-state index in [1.165, 1.54) is 6.07 Å². The SMILES string of the molecule is Cc1ccc(NC(=O)[C@H](Nc2ccc(C(F)(F)F)cc2Cl)C(C)C)cc1. The van der Waals surface area contributed by atoms with Crippen molar-refractivity contribution in [3.05, 3.63) is 58.6 Å². The summed E-state index contributed by atoms with van der Waals surface area (Å²) in [7, 11) is 0. The first-order valence-corrected chi connectivity index (χ1v) is 8.46. The van der Waals surface area contributed by atoms with Gasteiger partial charge in [-0.25, -0.2) is 0 Å². The smallest absolute Gasteiger partial charge is 0.372 e. The van der Waals surface area contributed by atoms with Gasteiger partial charge in [0.2, 0.25) is 5.91 Å². The largest absolute Gasteiger partial charge is 0.416 e. The Bertz CT molecular complexity index is 773. The van der Waals surface area contributed by atoms with Crippen molar-refractivity contribution in [1.29, 1.82) is 0 Å². The highest BCUT2D eigenvalue weighted by Crippen LogP contribution is 2.34. The van der Waals surface area contributed by atoms with Gasteiger partial charge in [0, 0.05) is 5.69 Å². The van der Waals surface area contributed by atoms with Gasteiger partial charge < -0.3 is 10.6 Å². The normalized spacial score (nSPS) is 12.8. The zero-order valence-corrected chi connectivity index (χ0v) is 15.4. The lowest BCUT2D eigenvalue weighted by molar-refractivity contribution is -0.137. The number of anilines is 2. The maximum absolute atomic E-state index is 12.7. The van der Waals surface area contributed by atoms with Crippen LogP contribution in [0.15, 0.2) is 42.5 Å². The van der Waals surface area contributed by atoms with Crippen molar-refractivity contribution in [2.75, 3.05) is 10.6 Å². The van der Waals surface area contributed by atoms with Crippen LogP contribution in [-0.4, -0.2) is 11.9 Å². The van der Waals surface area contributed by atoms with Crippen LogP contribution in [-0.2, 0) is 11.0 Å². The molecule has 140 valence electrons. The molecule has 0 fully saturated rings. The Kier molecular flexibility index (Phi) is 6.18. The molecule has 0 aromatic heterocycles. The molecular weight excluding hydrogens is 365 g/mol. The topological polar surface area (TPSA) is 41.1 Å². The molecule has 2 aromatic carbocycles. The van der Waals surface area contributed by atoms with Crippen molar-refractivity contribution in [3.8, 4) is 0 Å². The lowest BCUT2D eigenvalue weighted by Gasteiger charge is -2.23. The number of nitrogens with one attached hydrogen (secondary N) is 2. The molecule has 0 bridgehead atoms. The molecule has 0 aliphatic rings. The molecule has 0 aliphatic heterocycles. The number of hydrogen-bond donors (Lipinski definition) is 2. The molecule has 0 saturated carbocycles. The van der Waals surface area contributed by atoms with Gasteiger partial charge in [-0.3, -0.25) is 4.79 Å². The monoisotopic (exact) mass is 384 g/mol. The van der Waals surface area contributed by atoms with E-state index in [-0.39, 0.29) is 22.5 Å². The number of carbonyl (C=O) groups excluding carboxylic acids is 1. The minimum absolute atomic E-state index is 0.0892. The summed E-state index contributed by atoms with van der Waals surface area (Å²) in [6.07, 6.45) is -4.47. The zero-order chi connectivity index (χ0) is 19.5. The molecule has 1 amide bonds. The molecule has 2 rings (SSSR count). The standard InChI is InChI=1S/C19H20ClF3N2O/c1-11(2)17(18(26)24-14-7-4-12(3)5-8-14)25-16-9-6-13(10-15(16)20)19(21,22)23/h4-11,17,25H,1-3H3,(H,24,26)/t17-/m1/s1. The summed E-state index contributed by atoms with van der Waals surface area (Å²) in [4.78, 5) is 12.6. The van der Waals surface area contributed by atoms with Gasteiger partial charge in [-0.2, -0.15) is 13.2 Å². The first-order chi connectivity index (χ1) is 12.1. The number of halogens is 4. The van der Waals surface area contributed by atoms with E-state index in [1.54, 1.807) is 12.1 Å².